The third-order valence-corrected chi connectivity index (χ3v) is 4.38. The highest BCUT2D eigenvalue weighted by Crippen LogP contribution is 2.45. The summed E-state index contributed by atoms with van der Waals surface area (Å²) >= 11 is 0. The minimum Gasteiger partial charge on any atom is -0.481 e. The number of hydrogen-bond donors (Lipinski definition) is 1. The number of amides is 1. The molecule has 0 heterocycles. The average molecular weight is 289 g/mol. The molecule has 4 nitrogen and oxygen atoms in total. The lowest BCUT2D eigenvalue weighted by molar-refractivity contribution is -0.146. The molecule has 1 amide bonds. The minimum absolute atomic E-state index is 0.114. The predicted octanol–water partition coefficient (Wildman–Crippen LogP) is 2.72. The Morgan fingerprint density at radius 3 is 2.43 bits per heavy atom. The Hall–Kier alpha value is -1.84. The van der Waals surface area contributed by atoms with Crippen LogP contribution in [0.25, 0.3) is 0 Å². The number of nitrogens with zero attached hydrogens (tertiary/aromatic N) is 1. The molecule has 0 spiro atoms. The normalized spacial score (nSPS) is 16.0. The topological polar surface area (TPSA) is 57.6 Å². The van der Waals surface area contributed by atoms with Crippen molar-refractivity contribution in [2.75, 3.05) is 13.6 Å². The fourth-order valence-electron chi connectivity index (χ4n) is 3.03. The van der Waals surface area contributed by atoms with Gasteiger partial charge in [0.25, 0.3) is 0 Å². The molecule has 1 aromatic rings. The molecule has 0 aliphatic heterocycles. The van der Waals surface area contributed by atoms with Crippen molar-refractivity contribution >= 4 is 11.9 Å². The van der Waals surface area contributed by atoms with Gasteiger partial charge in [-0.1, -0.05) is 36.8 Å². The molecular formula is C17H23NO3. The van der Waals surface area contributed by atoms with Gasteiger partial charge in [0, 0.05) is 20.0 Å². The Balaban J connectivity index is 1.96. The van der Waals surface area contributed by atoms with E-state index in [-0.39, 0.29) is 17.7 Å². The van der Waals surface area contributed by atoms with Crippen LogP contribution in [0, 0.1) is 5.41 Å². The molecule has 114 valence electrons. The highest BCUT2D eigenvalue weighted by atomic mass is 16.4. The van der Waals surface area contributed by atoms with Gasteiger partial charge >= 0.3 is 5.97 Å². The van der Waals surface area contributed by atoms with E-state index in [0.717, 1.165) is 25.7 Å². The Bertz CT molecular complexity index is 494. The van der Waals surface area contributed by atoms with Crippen molar-refractivity contribution in [1.29, 1.82) is 0 Å². The van der Waals surface area contributed by atoms with E-state index in [9.17, 15) is 9.59 Å². The van der Waals surface area contributed by atoms with Crippen molar-refractivity contribution < 1.29 is 14.7 Å². The summed E-state index contributed by atoms with van der Waals surface area (Å²) in [4.78, 5) is 25.0. The second kappa shape index (κ2) is 6.74. The quantitative estimate of drug-likeness (QED) is 0.839. The van der Waals surface area contributed by atoms with Gasteiger partial charge in [0.15, 0.2) is 0 Å². The Morgan fingerprint density at radius 1 is 1.24 bits per heavy atom. The lowest BCUT2D eigenvalue weighted by Gasteiger charge is -2.43. The maximum Gasteiger partial charge on any atom is 0.303 e. The molecule has 1 aliphatic carbocycles. The van der Waals surface area contributed by atoms with Crippen LogP contribution in [0.15, 0.2) is 30.3 Å². The molecule has 21 heavy (non-hydrogen) atoms. The number of carboxylic acids is 1. The summed E-state index contributed by atoms with van der Waals surface area (Å²) in [5, 5.41) is 8.67. The molecule has 1 aromatic carbocycles. The summed E-state index contributed by atoms with van der Waals surface area (Å²) in [5.41, 5.74) is 0.934. The summed E-state index contributed by atoms with van der Waals surface area (Å²) in [7, 11) is 1.79. The van der Waals surface area contributed by atoms with Crippen LogP contribution in [-0.4, -0.2) is 35.5 Å². The number of aliphatic carboxylic acids is 1. The van der Waals surface area contributed by atoms with Crippen molar-refractivity contribution in [3.63, 3.8) is 0 Å². The fraction of sp³-hybridized carbons (Fsp3) is 0.529. The van der Waals surface area contributed by atoms with Crippen LogP contribution in [0.1, 0.15) is 37.7 Å². The summed E-state index contributed by atoms with van der Waals surface area (Å²) < 4.78 is 0. The second-order valence-electron chi connectivity index (χ2n) is 6.02. The molecule has 0 radical (unpaired) electrons. The van der Waals surface area contributed by atoms with E-state index >= 15 is 0 Å². The molecule has 1 N–H and O–H groups in total. The van der Waals surface area contributed by atoms with E-state index in [1.807, 2.05) is 18.2 Å². The van der Waals surface area contributed by atoms with Gasteiger partial charge in [0.1, 0.15) is 0 Å². The van der Waals surface area contributed by atoms with E-state index in [1.165, 1.54) is 5.56 Å². The SMILES string of the molecule is CN(CCCC(=O)O)C(=O)C1(Cc2ccccc2)CCC1. The van der Waals surface area contributed by atoms with Gasteiger partial charge in [-0.2, -0.15) is 0 Å². The Morgan fingerprint density at radius 2 is 1.90 bits per heavy atom. The van der Waals surface area contributed by atoms with Crippen molar-refractivity contribution in [1.82, 2.24) is 4.90 Å². The van der Waals surface area contributed by atoms with Crippen LogP contribution in [0.5, 0.6) is 0 Å². The van der Waals surface area contributed by atoms with Crippen LogP contribution in [0.4, 0.5) is 0 Å². The van der Waals surface area contributed by atoms with E-state index in [1.54, 1.807) is 11.9 Å². The number of benzene rings is 1. The molecule has 1 fully saturated rings. The molecule has 4 heteroatoms. The first kappa shape index (κ1) is 15.5. The number of carbonyl (C=O) groups excluding carboxylic acids is 1. The Kier molecular flexibility index (Phi) is 4.99. The lowest BCUT2D eigenvalue weighted by Crippen LogP contribution is -2.48. The van der Waals surface area contributed by atoms with Gasteiger partial charge in [0.2, 0.25) is 5.91 Å². The third kappa shape index (κ3) is 3.84. The monoisotopic (exact) mass is 289 g/mol. The van der Waals surface area contributed by atoms with E-state index in [0.29, 0.717) is 13.0 Å². The van der Waals surface area contributed by atoms with E-state index in [4.69, 9.17) is 5.11 Å². The van der Waals surface area contributed by atoms with Crippen LogP contribution in [0.3, 0.4) is 0 Å². The summed E-state index contributed by atoms with van der Waals surface area (Å²) in [6, 6.07) is 10.1. The molecule has 0 atom stereocenters. The summed E-state index contributed by atoms with van der Waals surface area (Å²) in [6.07, 6.45) is 4.38. The number of rotatable bonds is 7. The van der Waals surface area contributed by atoms with Gasteiger partial charge in [-0.3, -0.25) is 9.59 Å². The predicted molar refractivity (Wildman–Crippen MR) is 80.9 cm³/mol. The molecule has 0 saturated heterocycles. The van der Waals surface area contributed by atoms with Gasteiger partial charge in [-0.05, 0) is 31.2 Å². The molecule has 0 bridgehead atoms. The van der Waals surface area contributed by atoms with Gasteiger partial charge in [-0.25, -0.2) is 0 Å². The van der Waals surface area contributed by atoms with Gasteiger partial charge in [0.05, 0.1) is 5.41 Å². The molecule has 1 saturated carbocycles. The second-order valence-corrected chi connectivity index (χ2v) is 6.02. The van der Waals surface area contributed by atoms with Crippen molar-refractivity contribution in [3.8, 4) is 0 Å². The van der Waals surface area contributed by atoms with Crippen LogP contribution in [0.2, 0.25) is 0 Å². The molecule has 1 aliphatic rings. The smallest absolute Gasteiger partial charge is 0.303 e. The highest BCUT2D eigenvalue weighted by molar-refractivity contribution is 5.83. The average Bonchev–Trinajstić information content (AvgIpc) is 2.42. The molecule has 2 rings (SSSR count). The summed E-state index contributed by atoms with van der Waals surface area (Å²) in [5.74, 6) is -0.638. The van der Waals surface area contributed by atoms with Crippen LogP contribution in [-0.2, 0) is 16.0 Å². The zero-order valence-corrected chi connectivity index (χ0v) is 12.5. The van der Waals surface area contributed by atoms with Gasteiger partial charge < -0.3 is 10.0 Å². The van der Waals surface area contributed by atoms with Crippen LogP contribution >= 0.6 is 0 Å². The lowest BCUT2D eigenvalue weighted by atomic mass is 9.64. The number of hydrogen-bond acceptors (Lipinski definition) is 2. The van der Waals surface area contributed by atoms with E-state index in [2.05, 4.69) is 12.1 Å². The number of carboxylic acid groups (broad SMARTS) is 1. The van der Waals surface area contributed by atoms with Crippen LogP contribution < -0.4 is 0 Å². The van der Waals surface area contributed by atoms with Gasteiger partial charge in [-0.15, -0.1) is 0 Å². The zero-order valence-electron chi connectivity index (χ0n) is 12.5. The van der Waals surface area contributed by atoms with Crippen molar-refractivity contribution in [2.45, 2.75) is 38.5 Å². The first-order valence-corrected chi connectivity index (χ1v) is 7.55. The highest BCUT2D eigenvalue weighted by Gasteiger charge is 2.45. The summed E-state index contributed by atoms with van der Waals surface area (Å²) in [6.45, 7) is 0.516. The largest absolute Gasteiger partial charge is 0.481 e. The maximum atomic E-state index is 12.7. The number of carbonyl (C=O) groups is 2. The fourth-order valence-corrected chi connectivity index (χ4v) is 3.03. The third-order valence-electron chi connectivity index (χ3n) is 4.38. The molecular weight excluding hydrogens is 266 g/mol. The molecule has 0 aromatic heterocycles. The standard InChI is InChI=1S/C17H23NO3/c1-18(12-5-9-15(19)20)16(21)17(10-6-11-17)13-14-7-3-2-4-8-14/h2-4,7-8H,5-6,9-13H2,1H3,(H,19,20). The first-order valence-electron chi connectivity index (χ1n) is 7.55. The van der Waals surface area contributed by atoms with Crippen molar-refractivity contribution in [3.05, 3.63) is 35.9 Å². The van der Waals surface area contributed by atoms with Crippen molar-refractivity contribution in [2.24, 2.45) is 5.41 Å². The Labute approximate surface area is 125 Å². The zero-order chi connectivity index (χ0) is 15.3. The first-order chi connectivity index (χ1) is 10.0. The maximum absolute atomic E-state index is 12.7. The van der Waals surface area contributed by atoms with E-state index < -0.39 is 5.97 Å². The molecule has 0 unspecified atom stereocenters. The minimum atomic E-state index is -0.807.